The second-order valence-corrected chi connectivity index (χ2v) is 7.21. The van der Waals surface area contributed by atoms with E-state index in [1.807, 2.05) is 18.4 Å². The smallest absolute Gasteiger partial charge is 0.346 e. The molecule has 1 aliphatic rings. The van der Waals surface area contributed by atoms with Crippen molar-refractivity contribution < 1.29 is 9.59 Å². The fourth-order valence-electron chi connectivity index (χ4n) is 2.67. The molecular weight excluding hydrogens is 395 g/mol. The van der Waals surface area contributed by atoms with Crippen LogP contribution in [-0.4, -0.2) is 44.0 Å². The summed E-state index contributed by atoms with van der Waals surface area (Å²) in [6, 6.07) is 1.94. The number of amides is 1. The molecule has 1 aromatic rings. The van der Waals surface area contributed by atoms with Gasteiger partial charge in [0.05, 0.1) is 11.5 Å². The van der Waals surface area contributed by atoms with E-state index in [1.54, 1.807) is 7.05 Å². The summed E-state index contributed by atoms with van der Waals surface area (Å²) in [7, 11) is 2.69. The number of thiophene rings is 1. The van der Waals surface area contributed by atoms with Gasteiger partial charge in [-0.05, 0) is 40.9 Å². The van der Waals surface area contributed by atoms with Crippen LogP contribution in [0.5, 0.6) is 0 Å². The number of nitrogens with one attached hydrogen (secondary N) is 1. The van der Waals surface area contributed by atoms with Crippen molar-refractivity contribution in [3.05, 3.63) is 31.2 Å². The van der Waals surface area contributed by atoms with Gasteiger partial charge in [-0.25, -0.2) is 0 Å². The highest BCUT2D eigenvalue weighted by molar-refractivity contribution is 9.10. The second kappa shape index (κ2) is 7.82. The van der Waals surface area contributed by atoms with Crippen LogP contribution >= 0.6 is 27.3 Å². The molecule has 0 aromatic carbocycles. The van der Waals surface area contributed by atoms with Crippen LogP contribution in [0.4, 0.5) is 0 Å². The van der Waals surface area contributed by atoms with Gasteiger partial charge in [0, 0.05) is 33.2 Å². The number of carbonyl (C=O) groups is 2. The molecule has 0 spiro atoms. The predicted octanol–water partition coefficient (Wildman–Crippen LogP) is 2.27. The fraction of sp³-hybridized carbons (Fsp3) is 0.462. The minimum Gasteiger partial charge on any atom is -0.346 e. The summed E-state index contributed by atoms with van der Waals surface area (Å²) < 4.78 is 0.920. The molecule has 0 aliphatic carbocycles. The predicted molar refractivity (Wildman–Crippen MR) is 97.3 cm³/mol. The molecule has 1 amide bonds. The third-order valence-electron chi connectivity index (χ3n) is 3.93. The summed E-state index contributed by atoms with van der Waals surface area (Å²) in [5.74, 6) is -0.278. The highest BCUT2D eigenvalue weighted by Crippen LogP contribution is 2.40. The van der Waals surface area contributed by atoms with E-state index in [1.165, 1.54) is 16.2 Å². The Labute approximate surface area is 152 Å². The SMILES string of the molecule is CN1C(=O)[C@H](CCN=[N+]=[N-])[C@@](C)(c2cc(Br)cs2)NC1=N[B]C=O. The molecule has 1 fully saturated rings. The molecule has 1 saturated heterocycles. The lowest BCUT2D eigenvalue weighted by Crippen LogP contribution is -2.64. The molecule has 11 heteroatoms. The number of nitrogens with zero attached hydrogens (tertiary/aromatic N) is 5. The Kier molecular flexibility index (Phi) is 6.03. The standard InChI is InChI=1S/C13H15BBrN6O2S/c1-13(10-5-8(15)6-24-10)9(3-4-17-20-16)11(23)21(2)12(18-13)19-14-7-22/h5-7,9H,3-4H2,1-2H3,(H,18,19)/t9-,13-/m0/s1. The number of guanidine groups is 1. The minimum atomic E-state index is -0.721. The van der Waals surface area contributed by atoms with Crippen LogP contribution in [0.25, 0.3) is 10.4 Å². The Morgan fingerprint density at radius 2 is 2.42 bits per heavy atom. The number of rotatable bonds is 6. The molecule has 0 saturated carbocycles. The van der Waals surface area contributed by atoms with E-state index >= 15 is 0 Å². The van der Waals surface area contributed by atoms with Gasteiger partial charge in [0.25, 0.3) is 0 Å². The quantitative estimate of drug-likeness (QED) is 0.255. The zero-order valence-corrected chi connectivity index (χ0v) is 15.5. The monoisotopic (exact) mass is 409 g/mol. The second-order valence-electron chi connectivity index (χ2n) is 5.39. The Bertz CT molecular complexity index is 719. The summed E-state index contributed by atoms with van der Waals surface area (Å²) in [5.41, 5.74) is 7.77. The van der Waals surface area contributed by atoms with Crippen LogP contribution < -0.4 is 5.32 Å². The average Bonchev–Trinajstić information content (AvgIpc) is 3.00. The lowest BCUT2D eigenvalue weighted by atomic mass is 9.79. The Morgan fingerprint density at radius 1 is 1.67 bits per heavy atom. The molecule has 2 heterocycles. The van der Waals surface area contributed by atoms with Crippen LogP contribution in [-0.2, 0) is 15.1 Å². The lowest BCUT2D eigenvalue weighted by Gasteiger charge is -2.45. The van der Waals surface area contributed by atoms with E-state index in [4.69, 9.17) is 5.53 Å². The van der Waals surface area contributed by atoms with E-state index < -0.39 is 11.5 Å². The van der Waals surface area contributed by atoms with Crippen molar-refractivity contribution in [2.45, 2.75) is 18.9 Å². The minimum absolute atomic E-state index is 0.146. The van der Waals surface area contributed by atoms with Gasteiger partial charge in [-0.2, -0.15) is 0 Å². The van der Waals surface area contributed by atoms with Gasteiger partial charge in [-0.1, -0.05) is 5.11 Å². The normalized spacial score (nSPS) is 25.1. The summed E-state index contributed by atoms with van der Waals surface area (Å²) in [6.07, 6.45) is 0.955. The topological polar surface area (TPSA) is 111 Å². The number of carbonyl (C=O) groups excluding carboxylic acids is 2. The molecule has 125 valence electrons. The first kappa shape index (κ1) is 18.5. The maximum absolute atomic E-state index is 12.8. The molecule has 8 nitrogen and oxygen atoms in total. The largest absolute Gasteiger partial charge is 0.358 e. The van der Waals surface area contributed by atoms with Gasteiger partial charge in [0.15, 0.2) is 5.96 Å². The molecular formula is C13H15BBrN6O2S. The Hall–Kier alpha value is -1.84. The first-order valence-electron chi connectivity index (χ1n) is 7.10. The van der Waals surface area contributed by atoms with Gasteiger partial charge in [-0.3, -0.25) is 9.69 Å². The van der Waals surface area contributed by atoms with Crippen molar-refractivity contribution in [1.82, 2.24) is 10.2 Å². The zero-order chi connectivity index (χ0) is 17.7. The van der Waals surface area contributed by atoms with Crippen LogP contribution in [0.15, 0.2) is 25.9 Å². The van der Waals surface area contributed by atoms with Crippen LogP contribution in [0.3, 0.4) is 0 Å². The summed E-state index contributed by atoms with van der Waals surface area (Å²) >= 11 is 4.94. The highest BCUT2D eigenvalue weighted by Gasteiger charge is 2.47. The maximum Gasteiger partial charge on any atom is 0.358 e. The van der Waals surface area contributed by atoms with Crippen molar-refractivity contribution in [2.24, 2.45) is 15.9 Å². The Balaban J connectivity index is 2.44. The van der Waals surface area contributed by atoms with E-state index in [0.717, 1.165) is 16.8 Å². The van der Waals surface area contributed by atoms with Crippen molar-refractivity contribution >= 4 is 52.7 Å². The van der Waals surface area contributed by atoms with Crippen molar-refractivity contribution in [3.8, 4) is 0 Å². The van der Waals surface area contributed by atoms with Gasteiger partial charge in [0.1, 0.15) is 6.19 Å². The number of azide groups is 1. The first-order valence-corrected chi connectivity index (χ1v) is 8.77. The van der Waals surface area contributed by atoms with Gasteiger partial charge < -0.3 is 15.0 Å². The van der Waals surface area contributed by atoms with Crippen molar-refractivity contribution in [1.29, 1.82) is 0 Å². The molecule has 0 unspecified atom stereocenters. The number of hydrogen-bond acceptors (Lipinski definition) is 5. The van der Waals surface area contributed by atoms with Gasteiger partial charge in [-0.15, -0.1) is 11.3 Å². The van der Waals surface area contributed by atoms with Crippen LogP contribution in [0.2, 0.25) is 0 Å². The molecule has 1 aromatic heterocycles. The van der Waals surface area contributed by atoms with E-state index in [0.29, 0.717) is 18.6 Å². The van der Waals surface area contributed by atoms with Gasteiger partial charge >= 0.3 is 7.41 Å². The molecule has 2 rings (SSSR count). The number of halogens is 1. The third kappa shape index (κ3) is 3.63. The molecule has 1 radical (unpaired) electrons. The molecule has 24 heavy (non-hydrogen) atoms. The first-order chi connectivity index (χ1) is 11.4. The fourth-order valence-corrected chi connectivity index (χ4v) is 4.27. The van der Waals surface area contributed by atoms with E-state index in [2.05, 4.69) is 36.2 Å². The van der Waals surface area contributed by atoms with Crippen molar-refractivity contribution in [2.75, 3.05) is 13.6 Å². The molecule has 1 N–H and O–H groups in total. The Morgan fingerprint density at radius 3 is 3.00 bits per heavy atom. The summed E-state index contributed by atoms with van der Waals surface area (Å²) in [6.45, 7) is 2.13. The third-order valence-corrected chi connectivity index (χ3v) is 5.86. The van der Waals surface area contributed by atoms with E-state index in [-0.39, 0.29) is 12.5 Å². The molecule has 1 aliphatic heterocycles. The maximum atomic E-state index is 12.8. The van der Waals surface area contributed by atoms with E-state index in [9.17, 15) is 9.59 Å². The lowest BCUT2D eigenvalue weighted by molar-refractivity contribution is -0.135. The zero-order valence-electron chi connectivity index (χ0n) is 13.1. The highest BCUT2D eigenvalue weighted by atomic mass is 79.9. The summed E-state index contributed by atoms with van der Waals surface area (Å²) in [4.78, 5) is 32.5. The van der Waals surface area contributed by atoms with Crippen molar-refractivity contribution in [3.63, 3.8) is 0 Å². The van der Waals surface area contributed by atoms with Gasteiger partial charge in [0.2, 0.25) is 5.91 Å². The summed E-state index contributed by atoms with van der Waals surface area (Å²) in [5, 5.41) is 8.76. The van der Waals surface area contributed by atoms with Crippen LogP contribution in [0.1, 0.15) is 18.2 Å². The molecule has 2 atom stereocenters. The molecule has 0 bridgehead atoms. The number of hydrogen-bond donors (Lipinski definition) is 1. The average molecular weight is 410 g/mol. The van der Waals surface area contributed by atoms with Crippen LogP contribution in [0, 0.1) is 5.92 Å².